The average Bonchev–Trinajstić information content (AvgIpc) is 2.96. The third kappa shape index (κ3) is 10.2. The number of aryl methyl sites for hydroxylation is 2. The second-order valence-corrected chi connectivity index (χ2v) is 10.6. The highest BCUT2D eigenvalue weighted by atomic mass is 16.5. The number of rotatable bonds is 17. The van der Waals surface area contributed by atoms with E-state index in [1.807, 2.05) is 41.3 Å². The van der Waals surface area contributed by atoms with E-state index in [1.54, 1.807) is 0 Å². The summed E-state index contributed by atoms with van der Waals surface area (Å²) >= 11 is 0. The number of ether oxygens (including phenoxy) is 1. The highest BCUT2D eigenvalue weighted by Gasteiger charge is 2.18. The van der Waals surface area contributed by atoms with Crippen molar-refractivity contribution < 1.29 is 9.53 Å². The van der Waals surface area contributed by atoms with Gasteiger partial charge in [-0.1, -0.05) is 94.6 Å². The molecule has 3 aromatic carbocycles. The molecule has 3 rings (SSSR count). The van der Waals surface area contributed by atoms with Crippen LogP contribution in [0.5, 0.6) is 5.75 Å². The van der Waals surface area contributed by atoms with Crippen molar-refractivity contribution >= 4 is 5.91 Å². The Balaban J connectivity index is 1.74. The maximum atomic E-state index is 13.8. The van der Waals surface area contributed by atoms with Gasteiger partial charge in [-0.2, -0.15) is 0 Å². The van der Waals surface area contributed by atoms with Crippen molar-refractivity contribution in [3.63, 3.8) is 0 Å². The first-order chi connectivity index (χ1) is 19.0. The molecule has 0 N–H and O–H groups in total. The molecule has 0 radical (unpaired) electrons. The summed E-state index contributed by atoms with van der Waals surface area (Å²) in [6.07, 6.45) is 6.91. The molecule has 4 heteroatoms. The lowest BCUT2D eigenvalue weighted by Gasteiger charge is -2.28. The summed E-state index contributed by atoms with van der Waals surface area (Å²) in [5.41, 5.74) is 5.42. The zero-order chi connectivity index (χ0) is 27.9. The van der Waals surface area contributed by atoms with Crippen molar-refractivity contribution in [3.05, 3.63) is 101 Å². The van der Waals surface area contributed by atoms with Gasteiger partial charge in [0, 0.05) is 25.2 Å². The molecular formula is C35H48N2O2. The van der Waals surface area contributed by atoms with Crippen molar-refractivity contribution in [3.8, 4) is 5.75 Å². The minimum absolute atomic E-state index is 0.103. The third-order valence-corrected chi connectivity index (χ3v) is 7.22. The van der Waals surface area contributed by atoms with Crippen molar-refractivity contribution in [2.24, 2.45) is 0 Å². The van der Waals surface area contributed by atoms with Gasteiger partial charge in [-0.15, -0.1) is 0 Å². The van der Waals surface area contributed by atoms with Crippen LogP contribution in [0.15, 0.2) is 72.8 Å². The molecule has 0 aliphatic heterocycles. The lowest BCUT2D eigenvalue weighted by atomic mass is 10.1. The van der Waals surface area contributed by atoms with E-state index >= 15 is 0 Å². The summed E-state index contributed by atoms with van der Waals surface area (Å²) < 4.78 is 6.10. The quantitative estimate of drug-likeness (QED) is 0.178. The van der Waals surface area contributed by atoms with E-state index in [-0.39, 0.29) is 5.91 Å². The first kappa shape index (κ1) is 30.4. The number of carbonyl (C=O) groups excluding carboxylic acids is 1. The number of carbonyl (C=O) groups is 1. The molecule has 0 aromatic heterocycles. The second kappa shape index (κ2) is 16.8. The van der Waals surface area contributed by atoms with Crippen LogP contribution in [0.4, 0.5) is 0 Å². The SMILES string of the molecule is CCCCN(CCCC)CCN(Cc1ccc(OCc2ccccc2)c(C)c1)C(=O)c1ccc(CCC)cc1. The van der Waals surface area contributed by atoms with Gasteiger partial charge in [0.05, 0.1) is 0 Å². The fourth-order valence-corrected chi connectivity index (χ4v) is 4.83. The van der Waals surface area contributed by atoms with Crippen molar-refractivity contribution in [1.82, 2.24) is 9.80 Å². The molecule has 0 fully saturated rings. The van der Waals surface area contributed by atoms with Gasteiger partial charge in [-0.3, -0.25) is 4.79 Å². The van der Waals surface area contributed by atoms with E-state index < -0.39 is 0 Å². The van der Waals surface area contributed by atoms with E-state index in [0.29, 0.717) is 19.7 Å². The predicted octanol–water partition coefficient (Wildman–Crippen LogP) is 8.07. The standard InChI is InChI=1S/C35H48N2O2/c1-5-8-22-36(23-9-6-2)24-25-37(35(38)33-19-16-30(13-7-3)17-20-33)27-32-18-21-34(29(4)26-32)39-28-31-14-11-10-12-15-31/h10-12,14-21,26H,5-9,13,22-25,27-28H2,1-4H3. The summed E-state index contributed by atoms with van der Waals surface area (Å²) in [6, 6.07) is 24.7. The lowest BCUT2D eigenvalue weighted by molar-refractivity contribution is 0.0720. The zero-order valence-corrected chi connectivity index (χ0v) is 24.6. The van der Waals surface area contributed by atoms with E-state index in [4.69, 9.17) is 4.74 Å². The highest BCUT2D eigenvalue weighted by molar-refractivity contribution is 5.94. The number of amides is 1. The Kier molecular flexibility index (Phi) is 13.1. The number of hydrogen-bond acceptors (Lipinski definition) is 3. The Labute approximate surface area is 237 Å². The Morgan fingerprint density at radius 1 is 0.718 bits per heavy atom. The molecule has 0 aliphatic rings. The van der Waals surface area contributed by atoms with Crippen LogP contribution < -0.4 is 4.74 Å². The number of nitrogens with zero attached hydrogens (tertiary/aromatic N) is 2. The highest BCUT2D eigenvalue weighted by Crippen LogP contribution is 2.22. The monoisotopic (exact) mass is 528 g/mol. The van der Waals surface area contributed by atoms with Crippen LogP contribution in [-0.4, -0.2) is 41.9 Å². The smallest absolute Gasteiger partial charge is 0.254 e. The Morgan fingerprint density at radius 3 is 2.00 bits per heavy atom. The van der Waals surface area contributed by atoms with Crippen LogP contribution in [0.25, 0.3) is 0 Å². The van der Waals surface area contributed by atoms with Crippen molar-refractivity contribution in [1.29, 1.82) is 0 Å². The predicted molar refractivity (Wildman–Crippen MR) is 163 cm³/mol. The first-order valence-corrected chi connectivity index (χ1v) is 14.9. The largest absolute Gasteiger partial charge is 0.489 e. The molecule has 1 amide bonds. The van der Waals surface area contributed by atoms with Gasteiger partial charge in [0.25, 0.3) is 5.91 Å². The normalized spacial score (nSPS) is 11.1. The van der Waals surface area contributed by atoms with Gasteiger partial charge < -0.3 is 14.5 Å². The number of hydrogen-bond donors (Lipinski definition) is 0. The maximum absolute atomic E-state index is 13.8. The number of unbranched alkanes of at least 4 members (excludes halogenated alkanes) is 2. The lowest BCUT2D eigenvalue weighted by Crippen LogP contribution is -2.39. The van der Waals surface area contributed by atoms with E-state index in [2.05, 4.69) is 69.0 Å². The Bertz CT molecular complexity index is 1100. The second-order valence-electron chi connectivity index (χ2n) is 10.6. The van der Waals surface area contributed by atoms with E-state index in [1.165, 1.54) is 31.2 Å². The van der Waals surface area contributed by atoms with Crippen LogP contribution in [0.3, 0.4) is 0 Å². The van der Waals surface area contributed by atoms with Gasteiger partial charge in [0.2, 0.25) is 0 Å². The molecule has 0 bridgehead atoms. The molecule has 0 spiro atoms. The topological polar surface area (TPSA) is 32.8 Å². The summed E-state index contributed by atoms with van der Waals surface area (Å²) in [6.45, 7) is 13.7. The Hall–Kier alpha value is -3.11. The molecule has 0 heterocycles. The van der Waals surface area contributed by atoms with Gasteiger partial charge in [0.15, 0.2) is 0 Å². The van der Waals surface area contributed by atoms with Gasteiger partial charge >= 0.3 is 0 Å². The summed E-state index contributed by atoms with van der Waals surface area (Å²) in [5, 5.41) is 0. The van der Waals surface area contributed by atoms with E-state index in [9.17, 15) is 4.79 Å². The average molecular weight is 529 g/mol. The maximum Gasteiger partial charge on any atom is 0.254 e. The van der Waals surface area contributed by atoms with Crippen LogP contribution in [0.2, 0.25) is 0 Å². The molecule has 4 nitrogen and oxygen atoms in total. The summed E-state index contributed by atoms with van der Waals surface area (Å²) in [4.78, 5) is 18.3. The molecular weight excluding hydrogens is 480 g/mol. The minimum Gasteiger partial charge on any atom is -0.489 e. The molecule has 3 aromatic rings. The Morgan fingerprint density at radius 2 is 1.38 bits per heavy atom. The zero-order valence-electron chi connectivity index (χ0n) is 24.6. The van der Waals surface area contributed by atoms with E-state index in [0.717, 1.165) is 60.5 Å². The molecule has 210 valence electrons. The van der Waals surface area contributed by atoms with Crippen molar-refractivity contribution in [2.75, 3.05) is 26.2 Å². The molecule has 39 heavy (non-hydrogen) atoms. The summed E-state index contributed by atoms with van der Waals surface area (Å²) in [7, 11) is 0. The fraction of sp³-hybridized carbons (Fsp3) is 0.457. The molecule has 0 saturated heterocycles. The van der Waals surface area contributed by atoms with Gasteiger partial charge in [-0.25, -0.2) is 0 Å². The van der Waals surface area contributed by atoms with Gasteiger partial charge in [-0.05, 0) is 79.7 Å². The molecule has 0 aliphatic carbocycles. The molecule has 0 saturated carbocycles. The molecule has 0 atom stereocenters. The molecule has 0 unspecified atom stereocenters. The first-order valence-electron chi connectivity index (χ1n) is 14.9. The van der Waals surface area contributed by atoms with Crippen LogP contribution in [0.1, 0.15) is 85.5 Å². The van der Waals surface area contributed by atoms with Crippen LogP contribution in [0, 0.1) is 6.92 Å². The van der Waals surface area contributed by atoms with Crippen molar-refractivity contribution in [2.45, 2.75) is 79.4 Å². The third-order valence-electron chi connectivity index (χ3n) is 7.22. The van der Waals surface area contributed by atoms with Gasteiger partial charge in [0.1, 0.15) is 12.4 Å². The van der Waals surface area contributed by atoms with Crippen LogP contribution in [-0.2, 0) is 19.6 Å². The fourth-order valence-electron chi connectivity index (χ4n) is 4.83. The number of benzene rings is 3. The minimum atomic E-state index is 0.103. The van der Waals surface area contributed by atoms with Crippen LogP contribution >= 0.6 is 0 Å². The summed E-state index contributed by atoms with van der Waals surface area (Å²) in [5.74, 6) is 0.989.